The molecule has 1 aromatic rings. The smallest absolute Gasteiger partial charge is 0.324 e. The van der Waals surface area contributed by atoms with Gasteiger partial charge in [-0.2, -0.15) is 0 Å². The molecule has 0 saturated carbocycles. The SMILES string of the molecule is CCC1(C(=O)O)CCCN1Cc1cc(OC)ccc1OC. The molecule has 1 unspecified atom stereocenters. The predicted octanol–water partition coefficient (Wildman–Crippen LogP) is 2.53. The van der Waals surface area contributed by atoms with Gasteiger partial charge < -0.3 is 14.6 Å². The number of likely N-dealkylation sites (tertiary alicyclic amines) is 1. The van der Waals surface area contributed by atoms with Crippen molar-refractivity contribution in [3.63, 3.8) is 0 Å². The molecule has 1 aliphatic rings. The highest BCUT2D eigenvalue weighted by Crippen LogP contribution is 2.36. The number of carbonyl (C=O) groups is 1. The van der Waals surface area contributed by atoms with E-state index in [2.05, 4.69) is 0 Å². The first-order chi connectivity index (χ1) is 10.1. The van der Waals surface area contributed by atoms with E-state index in [1.165, 1.54) is 0 Å². The molecule has 0 radical (unpaired) electrons. The normalized spacial score (nSPS) is 22.2. The number of aliphatic carboxylic acids is 1. The Morgan fingerprint density at radius 1 is 1.38 bits per heavy atom. The van der Waals surface area contributed by atoms with Gasteiger partial charge in [0.15, 0.2) is 0 Å². The molecule has 1 heterocycles. The van der Waals surface area contributed by atoms with E-state index in [9.17, 15) is 9.90 Å². The van der Waals surface area contributed by atoms with Gasteiger partial charge in [-0.05, 0) is 44.0 Å². The zero-order valence-electron chi connectivity index (χ0n) is 12.9. The van der Waals surface area contributed by atoms with Crippen LogP contribution in [-0.2, 0) is 11.3 Å². The molecule has 1 aliphatic heterocycles. The summed E-state index contributed by atoms with van der Waals surface area (Å²) < 4.78 is 10.6. The van der Waals surface area contributed by atoms with Crippen LogP contribution in [0, 0.1) is 0 Å². The van der Waals surface area contributed by atoms with Gasteiger partial charge >= 0.3 is 5.97 Å². The van der Waals surface area contributed by atoms with Gasteiger partial charge in [0.1, 0.15) is 17.0 Å². The fourth-order valence-electron chi connectivity index (χ4n) is 3.17. The number of rotatable bonds is 6. The molecule has 5 nitrogen and oxygen atoms in total. The fourth-order valence-corrected chi connectivity index (χ4v) is 3.17. The van der Waals surface area contributed by atoms with Crippen LogP contribution in [0.2, 0.25) is 0 Å². The Bertz CT molecular complexity index is 517. The Kier molecular flexibility index (Phi) is 4.73. The third-order valence-corrected chi connectivity index (χ3v) is 4.46. The highest BCUT2D eigenvalue weighted by atomic mass is 16.5. The van der Waals surface area contributed by atoms with Crippen molar-refractivity contribution in [2.45, 2.75) is 38.3 Å². The zero-order chi connectivity index (χ0) is 15.5. The first kappa shape index (κ1) is 15.6. The summed E-state index contributed by atoms with van der Waals surface area (Å²) >= 11 is 0. The Labute approximate surface area is 125 Å². The minimum Gasteiger partial charge on any atom is -0.497 e. The topological polar surface area (TPSA) is 59.0 Å². The van der Waals surface area contributed by atoms with E-state index in [0.29, 0.717) is 19.4 Å². The van der Waals surface area contributed by atoms with Crippen molar-refractivity contribution >= 4 is 5.97 Å². The largest absolute Gasteiger partial charge is 0.497 e. The molecule has 1 fully saturated rings. The van der Waals surface area contributed by atoms with Crippen LogP contribution >= 0.6 is 0 Å². The number of ether oxygens (including phenoxy) is 2. The molecule has 0 aliphatic carbocycles. The van der Waals surface area contributed by atoms with Crippen molar-refractivity contribution in [1.29, 1.82) is 0 Å². The van der Waals surface area contributed by atoms with Crippen LogP contribution in [-0.4, -0.2) is 42.3 Å². The summed E-state index contributed by atoms with van der Waals surface area (Å²) in [5.41, 5.74) is 0.200. The molecule has 1 aromatic carbocycles. The highest BCUT2D eigenvalue weighted by Gasteiger charge is 2.46. The van der Waals surface area contributed by atoms with E-state index in [1.807, 2.05) is 30.0 Å². The number of carboxylic acids is 1. The number of hydrogen-bond acceptors (Lipinski definition) is 4. The van der Waals surface area contributed by atoms with Gasteiger partial charge in [-0.3, -0.25) is 9.69 Å². The van der Waals surface area contributed by atoms with Crippen molar-refractivity contribution in [3.05, 3.63) is 23.8 Å². The predicted molar refractivity (Wildman–Crippen MR) is 79.8 cm³/mol. The van der Waals surface area contributed by atoms with Crippen LogP contribution in [0.1, 0.15) is 31.7 Å². The lowest BCUT2D eigenvalue weighted by Crippen LogP contribution is -2.49. The maximum atomic E-state index is 11.7. The monoisotopic (exact) mass is 293 g/mol. The molecular formula is C16H23NO4. The Hall–Kier alpha value is -1.75. The van der Waals surface area contributed by atoms with Crippen molar-refractivity contribution in [2.24, 2.45) is 0 Å². The van der Waals surface area contributed by atoms with Crippen molar-refractivity contribution in [2.75, 3.05) is 20.8 Å². The third kappa shape index (κ3) is 2.83. The van der Waals surface area contributed by atoms with Crippen LogP contribution in [0.5, 0.6) is 11.5 Å². The zero-order valence-corrected chi connectivity index (χ0v) is 12.9. The van der Waals surface area contributed by atoms with Crippen molar-refractivity contribution < 1.29 is 19.4 Å². The number of nitrogens with zero attached hydrogens (tertiary/aromatic N) is 1. The third-order valence-electron chi connectivity index (χ3n) is 4.46. The second-order valence-corrected chi connectivity index (χ2v) is 5.39. The molecule has 21 heavy (non-hydrogen) atoms. The molecule has 116 valence electrons. The van der Waals surface area contributed by atoms with Crippen molar-refractivity contribution in [1.82, 2.24) is 4.90 Å². The van der Waals surface area contributed by atoms with E-state index in [1.54, 1.807) is 14.2 Å². The van der Waals surface area contributed by atoms with Crippen LogP contribution < -0.4 is 9.47 Å². The number of benzene rings is 1. The Balaban J connectivity index is 2.30. The number of hydrogen-bond donors (Lipinski definition) is 1. The molecule has 1 saturated heterocycles. The van der Waals surface area contributed by atoms with Gasteiger partial charge in [-0.1, -0.05) is 6.92 Å². The average molecular weight is 293 g/mol. The van der Waals surface area contributed by atoms with Crippen LogP contribution in [0.25, 0.3) is 0 Å². The summed E-state index contributed by atoms with van der Waals surface area (Å²) in [6.07, 6.45) is 2.21. The standard InChI is InChI=1S/C16H23NO4/c1-4-16(15(18)19)8-5-9-17(16)11-12-10-13(20-2)6-7-14(12)21-3/h6-7,10H,4-5,8-9,11H2,1-3H3,(H,18,19). The lowest BCUT2D eigenvalue weighted by atomic mass is 9.92. The van der Waals surface area contributed by atoms with Crippen LogP contribution in [0.4, 0.5) is 0 Å². The molecule has 0 bridgehead atoms. The second kappa shape index (κ2) is 6.35. The van der Waals surface area contributed by atoms with Crippen LogP contribution in [0.15, 0.2) is 18.2 Å². The molecule has 0 amide bonds. The fraction of sp³-hybridized carbons (Fsp3) is 0.562. The second-order valence-electron chi connectivity index (χ2n) is 5.39. The highest BCUT2D eigenvalue weighted by molar-refractivity contribution is 5.79. The molecule has 5 heteroatoms. The molecule has 1 atom stereocenters. The van der Waals surface area contributed by atoms with Gasteiger partial charge in [0.05, 0.1) is 14.2 Å². The van der Waals surface area contributed by atoms with Gasteiger partial charge in [0, 0.05) is 12.1 Å². The molecule has 2 rings (SSSR count). The summed E-state index contributed by atoms with van der Waals surface area (Å²) in [7, 11) is 3.24. The maximum absolute atomic E-state index is 11.7. The molecule has 0 aromatic heterocycles. The summed E-state index contributed by atoms with van der Waals surface area (Å²) in [4.78, 5) is 13.8. The molecular weight excluding hydrogens is 270 g/mol. The van der Waals surface area contributed by atoms with Gasteiger partial charge in [-0.25, -0.2) is 0 Å². The lowest BCUT2D eigenvalue weighted by molar-refractivity contribution is -0.150. The average Bonchev–Trinajstić information content (AvgIpc) is 2.91. The summed E-state index contributed by atoms with van der Waals surface area (Å²) in [6.45, 7) is 3.29. The maximum Gasteiger partial charge on any atom is 0.324 e. The van der Waals surface area contributed by atoms with Gasteiger partial charge in [0.25, 0.3) is 0 Å². The Morgan fingerprint density at radius 2 is 2.14 bits per heavy atom. The van der Waals surface area contributed by atoms with Gasteiger partial charge in [-0.15, -0.1) is 0 Å². The molecule has 0 spiro atoms. The lowest BCUT2D eigenvalue weighted by Gasteiger charge is -2.34. The van der Waals surface area contributed by atoms with E-state index >= 15 is 0 Å². The van der Waals surface area contributed by atoms with E-state index in [-0.39, 0.29) is 0 Å². The van der Waals surface area contributed by atoms with E-state index < -0.39 is 11.5 Å². The minimum absolute atomic E-state index is 0.556. The minimum atomic E-state index is -0.756. The van der Waals surface area contributed by atoms with Crippen LogP contribution in [0.3, 0.4) is 0 Å². The van der Waals surface area contributed by atoms with E-state index in [0.717, 1.165) is 30.0 Å². The summed E-state index contributed by atoms with van der Waals surface area (Å²) in [5, 5.41) is 9.64. The summed E-state index contributed by atoms with van der Waals surface area (Å²) in [6, 6.07) is 5.62. The first-order valence-corrected chi connectivity index (χ1v) is 7.26. The van der Waals surface area contributed by atoms with E-state index in [4.69, 9.17) is 9.47 Å². The van der Waals surface area contributed by atoms with Crippen molar-refractivity contribution in [3.8, 4) is 11.5 Å². The first-order valence-electron chi connectivity index (χ1n) is 7.26. The van der Waals surface area contributed by atoms with Gasteiger partial charge in [0.2, 0.25) is 0 Å². The quantitative estimate of drug-likeness (QED) is 0.873. The number of carboxylic acid groups (broad SMARTS) is 1. The molecule has 1 N–H and O–H groups in total. The number of methoxy groups -OCH3 is 2. The summed E-state index contributed by atoms with van der Waals surface area (Å²) in [5.74, 6) is 0.782. The Morgan fingerprint density at radius 3 is 2.71 bits per heavy atom.